The summed E-state index contributed by atoms with van der Waals surface area (Å²) in [6.07, 6.45) is 8.90. The molecule has 0 saturated heterocycles. The number of nitrogens with one attached hydrogen (secondary N) is 1. The molecule has 0 radical (unpaired) electrons. The average molecular weight is 365 g/mol. The van der Waals surface area contributed by atoms with Crippen molar-refractivity contribution in [2.24, 2.45) is 5.73 Å². The van der Waals surface area contributed by atoms with Crippen LogP contribution in [0.1, 0.15) is 24.0 Å². The number of hydrogen-bond acceptors (Lipinski definition) is 3. The van der Waals surface area contributed by atoms with Crippen molar-refractivity contribution in [1.82, 2.24) is 9.97 Å². The van der Waals surface area contributed by atoms with E-state index in [-0.39, 0.29) is 23.2 Å². The van der Waals surface area contributed by atoms with Crippen molar-refractivity contribution in [2.45, 2.75) is 19.4 Å². The zero-order valence-corrected chi connectivity index (χ0v) is 14.4. The van der Waals surface area contributed by atoms with Crippen LogP contribution in [0.4, 0.5) is 8.78 Å². The fraction of sp³-hybridized carbons (Fsp3) is 0.143. The van der Waals surface area contributed by atoms with Crippen LogP contribution in [0.25, 0.3) is 27.7 Å². The standard InChI is InChI=1S/C21H17F2N3O/c22-18-13(11-24)6-7-14(19(18)23)20-15(12-4-2-1-3-5-12)10-16-17(26-20)8-9-25-21(16)27/h1-2,4,6-10H,3,5,11,24H2,(H,25,27). The Bertz CT molecular complexity index is 1160. The highest BCUT2D eigenvalue weighted by molar-refractivity contribution is 5.89. The Hall–Kier alpha value is -3.12. The number of allylic oxidation sites excluding steroid dienone is 4. The smallest absolute Gasteiger partial charge is 0.257 e. The number of H-pyrrole nitrogens is 1. The summed E-state index contributed by atoms with van der Waals surface area (Å²) in [5.74, 6) is -1.95. The number of aromatic nitrogens is 2. The molecule has 136 valence electrons. The number of rotatable bonds is 3. The second kappa shape index (κ2) is 6.89. The van der Waals surface area contributed by atoms with Crippen molar-refractivity contribution in [3.63, 3.8) is 0 Å². The molecule has 0 aliphatic heterocycles. The number of aromatic amines is 1. The molecular weight excluding hydrogens is 348 g/mol. The number of fused-ring (bicyclic) bond motifs is 1. The Morgan fingerprint density at radius 1 is 1.15 bits per heavy atom. The first-order chi connectivity index (χ1) is 13.1. The number of benzene rings is 1. The zero-order chi connectivity index (χ0) is 19.0. The molecule has 6 heteroatoms. The van der Waals surface area contributed by atoms with Crippen molar-refractivity contribution >= 4 is 16.5 Å². The van der Waals surface area contributed by atoms with Gasteiger partial charge in [-0.1, -0.05) is 24.3 Å². The Morgan fingerprint density at radius 2 is 2.00 bits per heavy atom. The first-order valence-corrected chi connectivity index (χ1v) is 8.66. The fourth-order valence-electron chi connectivity index (χ4n) is 3.32. The lowest BCUT2D eigenvalue weighted by Crippen LogP contribution is -2.08. The highest BCUT2D eigenvalue weighted by atomic mass is 19.2. The molecule has 3 aromatic rings. The minimum Gasteiger partial charge on any atom is -0.328 e. The van der Waals surface area contributed by atoms with Crippen molar-refractivity contribution in [1.29, 1.82) is 0 Å². The molecular formula is C21H17F2N3O. The molecule has 0 fully saturated rings. The van der Waals surface area contributed by atoms with Gasteiger partial charge in [0.2, 0.25) is 0 Å². The molecule has 0 saturated carbocycles. The normalized spacial score (nSPS) is 13.8. The van der Waals surface area contributed by atoms with E-state index in [0.29, 0.717) is 22.2 Å². The second-order valence-corrected chi connectivity index (χ2v) is 6.39. The Balaban J connectivity index is 2.05. The van der Waals surface area contributed by atoms with E-state index in [2.05, 4.69) is 9.97 Å². The number of nitrogens with two attached hydrogens (primary N) is 1. The van der Waals surface area contributed by atoms with Gasteiger partial charge in [0.15, 0.2) is 11.6 Å². The summed E-state index contributed by atoms with van der Waals surface area (Å²) in [5, 5.41) is 0.408. The molecule has 1 aromatic carbocycles. The predicted molar refractivity (Wildman–Crippen MR) is 102 cm³/mol. The molecule has 2 aromatic heterocycles. The van der Waals surface area contributed by atoms with Crippen LogP contribution in [0.15, 0.2) is 53.5 Å². The first-order valence-electron chi connectivity index (χ1n) is 8.66. The molecule has 2 heterocycles. The Morgan fingerprint density at radius 3 is 2.74 bits per heavy atom. The van der Waals surface area contributed by atoms with Crippen LogP contribution in [0.5, 0.6) is 0 Å². The minimum absolute atomic E-state index is 0.0531. The molecule has 0 bridgehead atoms. The first kappa shape index (κ1) is 17.3. The Labute approximate surface area is 154 Å². The minimum atomic E-state index is -0.983. The van der Waals surface area contributed by atoms with E-state index in [1.165, 1.54) is 18.3 Å². The highest BCUT2D eigenvalue weighted by Gasteiger charge is 2.20. The summed E-state index contributed by atoms with van der Waals surface area (Å²) in [4.78, 5) is 19.3. The van der Waals surface area contributed by atoms with Gasteiger partial charge in [-0.3, -0.25) is 4.79 Å². The van der Waals surface area contributed by atoms with Gasteiger partial charge in [0.05, 0.1) is 16.6 Å². The van der Waals surface area contributed by atoms with Gasteiger partial charge in [-0.05, 0) is 36.6 Å². The topological polar surface area (TPSA) is 71.8 Å². The van der Waals surface area contributed by atoms with Crippen LogP contribution in [0.2, 0.25) is 0 Å². The lowest BCUT2D eigenvalue weighted by atomic mass is 9.92. The molecule has 1 aliphatic rings. The van der Waals surface area contributed by atoms with Gasteiger partial charge in [-0.15, -0.1) is 0 Å². The van der Waals surface area contributed by atoms with Gasteiger partial charge in [-0.25, -0.2) is 13.8 Å². The molecule has 0 spiro atoms. The second-order valence-electron chi connectivity index (χ2n) is 6.39. The summed E-state index contributed by atoms with van der Waals surface area (Å²) in [6.45, 7) is -0.0909. The van der Waals surface area contributed by atoms with Gasteiger partial charge >= 0.3 is 0 Å². The SMILES string of the molecule is NCc1ccc(-c2nc3cc[nH]c(=O)c3cc2C2=CC=CCC2)c(F)c1F. The van der Waals surface area contributed by atoms with Crippen LogP contribution in [-0.4, -0.2) is 9.97 Å². The maximum absolute atomic E-state index is 14.8. The molecule has 0 atom stereocenters. The quantitative estimate of drug-likeness (QED) is 0.735. The van der Waals surface area contributed by atoms with E-state index in [1.54, 1.807) is 12.1 Å². The predicted octanol–water partition coefficient (Wildman–Crippen LogP) is 4.06. The molecule has 1 aliphatic carbocycles. The average Bonchev–Trinajstić information content (AvgIpc) is 2.70. The molecule has 4 rings (SSSR count). The van der Waals surface area contributed by atoms with E-state index in [1.807, 2.05) is 18.2 Å². The third kappa shape index (κ3) is 2.98. The van der Waals surface area contributed by atoms with Gasteiger partial charge in [0.25, 0.3) is 5.56 Å². The third-order valence-electron chi connectivity index (χ3n) is 4.75. The van der Waals surface area contributed by atoms with Gasteiger partial charge in [0.1, 0.15) is 0 Å². The maximum atomic E-state index is 14.8. The van der Waals surface area contributed by atoms with Crippen molar-refractivity contribution < 1.29 is 8.78 Å². The summed E-state index contributed by atoms with van der Waals surface area (Å²) in [6, 6.07) is 6.30. The zero-order valence-electron chi connectivity index (χ0n) is 14.4. The lowest BCUT2D eigenvalue weighted by Gasteiger charge is -2.16. The molecule has 4 nitrogen and oxygen atoms in total. The number of nitrogens with zero attached hydrogens (tertiary/aromatic N) is 1. The molecule has 0 unspecified atom stereocenters. The largest absolute Gasteiger partial charge is 0.328 e. The maximum Gasteiger partial charge on any atom is 0.257 e. The monoisotopic (exact) mass is 365 g/mol. The van der Waals surface area contributed by atoms with Gasteiger partial charge in [-0.2, -0.15) is 0 Å². The number of hydrogen-bond donors (Lipinski definition) is 2. The van der Waals surface area contributed by atoms with Crippen LogP contribution in [0, 0.1) is 11.6 Å². The summed E-state index contributed by atoms with van der Waals surface area (Å²) in [7, 11) is 0. The number of pyridine rings is 2. The fourth-order valence-corrected chi connectivity index (χ4v) is 3.32. The van der Waals surface area contributed by atoms with Crippen LogP contribution < -0.4 is 11.3 Å². The van der Waals surface area contributed by atoms with E-state index in [9.17, 15) is 13.6 Å². The van der Waals surface area contributed by atoms with Crippen molar-refractivity contribution in [3.05, 3.63) is 81.8 Å². The summed E-state index contributed by atoms with van der Waals surface area (Å²) in [5.41, 5.74) is 7.64. The van der Waals surface area contributed by atoms with E-state index < -0.39 is 11.6 Å². The van der Waals surface area contributed by atoms with Crippen LogP contribution in [0.3, 0.4) is 0 Å². The summed E-state index contributed by atoms with van der Waals surface area (Å²) >= 11 is 0. The molecule has 3 N–H and O–H groups in total. The van der Waals surface area contributed by atoms with Crippen molar-refractivity contribution in [2.75, 3.05) is 0 Å². The molecule has 27 heavy (non-hydrogen) atoms. The summed E-state index contributed by atoms with van der Waals surface area (Å²) < 4.78 is 29.1. The third-order valence-corrected chi connectivity index (χ3v) is 4.75. The van der Waals surface area contributed by atoms with Gasteiger partial charge in [0, 0.05) is 29.4 Å². The van der Waals surface area contributed by atoms with E-state index in [0.717, 1.165) is 18.4 Å². The van der Waals surface area contributed by atoms with Crippen LogP contribution in [-0.2, 0) is 6.54 Å². The number of halogens is 2. The Kier molecular flexibility index (Phi) is 4.41. The lowest BCUT2D eigenvalue weighted by molar-refractivity contribution is 0.501. The van der Waals surface area contributed by atoms with Crippen molar-refractivity contribution in [3.8, 4) is 11.3 Å². The van der Waals surface area contributed by atoms with Gasteiger partial charge < -0.3 is 10.7 Å². The highest BCUT2D eigenvalue weighted by Crippen LogP contribution is 2.35. The molecule has 0 amide bonds. The van der Waals surface area contributed by atoms with E-state index in [4.69, 9.17) is 5.73 Å². The van der Waals surface area contributed by atoms with Crippen LogP contribution >= 0.6 is 0 Å². The van der Waals surface area contributed by atoms with E-state index >= 15 is 0 Å².